The van der Waals surface area contributed by atoms with Crippen LogP contribution in [0, 0.1) is 11.7 Å². The fraction of sp³-hybridized carbons (Fsp3) is 0.565. The first-order chi connectivity index (χ1) is 15.9. The molecule has 1 saturated heterocycles. The van der Waals surface area contributed by atoms with E-state index in [0.717, 1.165) is 37.1 Å². The average Bonchev–Trinajstić information content (AvgIpc) is 2.84. The number of ether oxygens (including phenoxy) is 1. The smallest absolute Gasteiger partial charge is 0.277 e. The molecule has 0 amide bonds. The van der Waals surface area contributed by atoms with Crippen molar-refractivity contribution in [1.82, 2.24) is 19.6 Å². The number of benzene rings is 1. The van der Waals surface area contributed by atoms with Crippen molar-refractivity contribution in [2.24, 2.45) is 5.92 Å². The topological polar surface area (TPSA) is 96.5 Å². The van der Waals surface area contributed by atoms with Gasteiger partial charge in [-0.15, -0.1) is 5.10 Å². The number of aromatic nitrogens is 2. The Morgan fingerprint density at radius 2 is 1.97 bits per heavy atom. The number of hydrogen-bond acceptors (Lipinski definition) is 6. The van der Waals surface area contributed by atoms with E-state index in [0.29, 0.717) is 38.0 Å². The summed E-state index contributed by atoms with van der Waals surface area (Å²) in [6.07, 6.45) is 5.96. The van der Waals surface area contributed by atoms with Gasteiger partial charge in [0.15, 0.2) is 5.82 Å². The molecule has 2 N–H and O–H groups in total. The Labute approximate surface area is 195 Å². The molecule has 2 aliphatic rings. The molecule has 2 heterocycles. The van der Waals surface area contributed by atoms with Gasteiger partial charge in [-0.1, -0.05) is 12.1 Å². The summed E-state index contributed by atoms with van der Waals surface area (Å²) in [5.74, 6) is 1.37. The third-order valence-corrected chi connectivity index (χ3v) is 7.88. The van der Waals surface area contributed by atoms with Gasteiger partial charge in [0.05, 0.1) is 12.1 Å². The predicted molar refractivity (Wildman–Crippen MR) is 125 cm³/mol. The second-order valence-corrected chi connectivity index (χ2v) is 10.5. The number of hydrogen-bond donors (Lipinski definition) is 2. The van der Waals surface area contributed by atoms with E-state index < -0.39 is 10.2 Å². The maximum Gasteiger partial charge on any atom is 0.277 e. The molecule has 1 aliphatic carbocycles. The lowest BCUT2D eigenvalue weighted by Gasteiger charge is -2.39. The van der Waals surface area contributed by atoms with Crippen LogP contribution in [0.3, 0.4) is 0 Å². The Hall–Kier alpha value is -2.14. The van der Waals surface area contributed by atoms with Crippen molar-refractivity contribution >= 4 is 16.0 Å². The van der Waals surface area contributed by atoms with E-state index in [1.54, 1.807) is 18.3 Å². The highest BCUT2D eigenvalue weighted by Crippen LogP contribution is 2.36. The summed E-state index contributed by atoms with van der Waals surface area (Å²) < 4.78 is 49.2. The fourth-order valence-electron chi connectivity index (χ4n) is 4.83. The van der Waals surface area contributed by atoms with E-state index in [1.165, 1.54) is 13.1 Å². The zero-order valence-corrected chi connectivity index (χ0v) is 19.7. The van der Waals surface area contributed by atoms with Crippen LogP contribution in [-0.2, 0) is 14.9 Å². The monoisotopic (exact) mass is 477 g/mol. The van der Waals surface area contributed by atoms with Crippen molar-refractivity contribution in [3.63, 3.8) is 0 Å². The van der Waals surface area contributed by atoms with Crippen molar-refractivity contribution in [2.75, 3.05) is 31.6 Å². The third kappa shape index (κ3) is 6.47. The molecular weight excluding hydrogens is 445 g/mol. The van der Waals surface area contributed by atoms with Gasteiger partial charge in [0.2, 0.25) is 0 Å². The van der Waals surface area contributed by atoms with E-state index in [9.17, 15) is 12.8 Å². The summed E-state index contributed by atoms with van der Waals surface area (Å²) in [7, 11) is -2.18. The van der Waals surface area contributed by atoms with E-state index >= 15 is 0 Å². The number of nitrogens with zero attached hydrogens (tertiary/aromatic N) is 3. The molecule has 2 aromatic rings. The van der Waals surface area contributed by atoms with Gasteiger partial charge >= 0.3 is 0 Å². The van der Waals surface area contributed by atoms with Gasteiger partial charge in [-0.3, -0.25) is 0 Å². The van der Waals surface area contributed by atoms with Crippen LogP contribution in [0.1, 0.15) is 43.6 Å². The largest absolute Gasteiger partial charge is 0.374 e. The Kier molecular flexibility index (Phi) is 7.90. The van der Waals surface area contributed by atoms with Crippen LogP contribution in [-0.4, -0.2) is 57.5 Å². The molecule has 10 heteroatoms. The predicted octanol–water partition coefficient (Wildman–Crippen LogP) is 2.61. The minimum absolute atomic E-state index is 0.182. The summed E-state index contributed by atoms with van der Waals surface area (Å²) in [4.78, 5) is 2.09. The molecular formula is C23H32FN5O3S. The highest BCUT2D eigenvalue weighted by molar-refractivity contribution is 7.87. The Bertz CT molecular complexity index is 1000. The molecule has 180 valence electrons. The maximum atomic E-state index is 13.6. The van der Waals surface area contributed by atoms with Crippen LogP contribution >= 0.6 is 0 Å². The van der Waals surface area contributed by atoms with E-state index in [2.05, 4.69) is 24.5 Å². The minimum Gasteiger partial charge on any atom is -0.374 e. The summed E-state index contributed by atoms with van der Waals surface area (Å²) in [6.45, 7) is 1.77. The van der Waals surface area contributed by atoms with Gasteiger partial charge in [0.25, 0.3) is 10.2 Å². The van der Waals surface area contributed by atoms with Crippen LogP contribution in [0.4, 0.5) is 10.2 Å². The first kappa shape index (κ1) is 24.0. The fourth-order valence-corrected chi connectivity index (χ4v) is 5.62. The van der Waals surface area contributed by atoms with Crippen LogP contribution in [0.25, 0.3) is 0 Å². The molecule has 0 spiro atoms. The number of rotatable bonds is 8. The molecule has 8 nitrogen and oxygen atoms in total. The first-order valence-corrected chi connectivity index (χ1v) is 13.0. The highest BCUT2D eigenvalue weighted by Gasteiger charge is 2.34. The Morgan fingerprint density at radius 3 is 2.67 bits per heavy atom. The lowest BCUT2D eigenvalue weighted by molar-refractivity contribution is -0.00139. The van der Waals surface area contributed by atoms with Gasteiger partial charge in [0.1, 0.15) is 5.82 Å². The summed E-state index contributed by atoms with van der Waals surface area (Å²) in [5, 5.41) is 8.14. The van der Waals surface area contributed by atoms with Crippen molar-refractivity contribution < 1.29 is 17.5 Å². The molecule has 1 saturated carbocycles. The molecule has 1 aromatic heterocycles. The number of piperidine rings is 1. The van der Waals surface area contributed by atoms with Crippen LogP contribution in [0.2, 0.25) is 0 Å². The number of nitrogens with one attached hydrogen (secondary N) is 2. The van der Waals surface area contributed by atoms with Crippen molar-refractivity contribution in [3.8, 4) is 0 Å². The van der Waals surface area contributed by atoms with Gasteiger partial charge in [-0.2, -0.15) is 18.2 Å². The second-order valence-electron chi connectivity index (χ2n) is 8.89. The lowest BCUT2D eigenvalue weighted by Crippen LogP contribution is -2.57. The number of anilines is 1. The Morgan fingerprint density at radius 1 is 1.15 bits per heavy atom. The molecule has 33 heavy (non-hydrogen) atoms. The third-order valence-electron chi connectivity index (χ3n) is 6.73. The normalized spacial score (nSPS) is 26.3. The zero-order valence-electron chi connectivity index (χ0n) is 18.9. The standard InChI is InChI=1S/C23H32FN5O3S/c1-25-33(30,31)28-21-11-13-29(23-6-3-12-26-27-23)15-22(21)32-16-17-7-9-18(10-8-17)19-4-2-5-20(24)14-19/h2-6,12,14,17-18,21-22,25,28H,7-11,13,15-16H2,1H3/t17?,18?,21-,22+/m0/s1. The molecule has 1 aliphatic heterocycles. The SMILES string of the molecule is CNS(=O)(=O)N[C@H]1CCN(c2cccnn2)C[C@H]1OCC1CCC(c2cccc(F)c2)CC1. The zero-order chi connectivity index (χ0) is 23.3. The van der Waals surface area contributed by atoms with E-state index in [-0.39, 0.29) is 18.0 Å². The maximum absolute atomic E-state index is 13.6. The second kappa shape index (κ2) is 10.9. The minimum atomic E-state index is -3.58. The summed E-state index contributed by atoms with van der Waals surface area (Å²) >= 11 is 0. The van der Waals surface area contributed by atoms with Gasteiger partial charge in [0, 0.05) is 32.9 Å². The average molecular weight is 478 g/mol. The summed E-state index contributed by atoms with van der Waals surface area (Å²) in [6, 6.07) is 10.3. The molecule has 0 radical (unpaired) electrons. The van der Waals surface area contributed by atoms with Crippen LogP contribution < -0.4 is 14.3 Å². The molecule has 2 atom stereocenters. The molecule has 2 fully saturated rings. The van der Waals surface area contributed by atoms with Crippen LogP contribution in [0.15, 0.2) is 42.6 Å². The molecule has 1 aromatic carbocycles. The van der Waals surface area contributed by atoms with Crippen molar-refractivity contribution in [3.05, 3.63) is 54.0 Å². The molecule has 4 rings (SSSR count). The lowest BCUT2D eigenvalue weighted by atomic mass is 9.79. The number of halogens is 1. The van der Waals surface area contributed by atoms with Gasteiger partial charge in [-0.25, -0.2) is 9.11 Å². The quantitative estimate of drug-likeness (QED) is 0.607. The molecule has 0 unspecified atom stereocenters. The highest BCUT2D eigenvalue weighted by atomic mass is 32.2. The van der Waals surface area contributed by atoms with Crippen LogP contribution in [0.5, 0.6) is 0 Å². The van der Waals surface area contributed by atoms with Gasteiger partial charge < -0.3 is 9.64 Å². The van der Waals surface area contributed by atoms with Gasteiger partial charge in [-0.05, 0) is 73.8 Å². The summed E-state index contributed by atoms with van der Waals surface area (Å²) in [5.41, 5.74) is 1.07. The Balaban J connectivity index is 1.35. The van der Waals surface area contributed by atoms with Crippen molar-refractivity contribution in [2.45, 2.75) is 50.2 Å². The van der Waals surface area contributed by atoms with Crippen molar-refractivity contribution in [1.29, 1.82) is 0 Å². The van der Waals surface area contributed by atoms with E-state index in [4.69, 9.17) is 4.74 Å². The van der Waals surface area contributed by atoms with E-state index in [1.807, 2.05) is 18.2 Å². The molecule has 0 bridgehead atoms. The first-order valence-electron chi connectivity index (χ1n) is 11.5.